The quantitative estimate of drug-likeness (QED) is 0.222. The average Bonchev–Trinajstić information content (AvgIpc) is 3.35. The number of nitrogens with one attached hydrogen (secondary N) is 1. The molecule has 0 aliphatic heterocycles. The third kappa shape index (κ3) is 5.68. The van der Waals surface area contributed by atoms with Gasteiger partial charge in [0.1, 0.15) is 0 Å². The van der Waals surface area contributed by atoms with Gasteiger partial charge in [-0.15, -0.1) is 10.2 Å². The molecule has 0 aliphatic carbocycles. The second-order valence-corrected chi connectivity index (χ2v) is 8.99. The van der Waals surface area contributed by atoms with Crippen LogP contribution in [0, 0.1) is 0 Å². The first-order valence-corrected chi connectivity index (χ1v) is 12.7. The Bertz CT molecular complexity index is 1530. The van der Waals surface area contributed by atoms with Crippen LogP contribution in [0.2, 0.25) is 0 Å². The predicted octanol–water partition coefficient (Wildman–Crippen LogP) is 5.37. The maximum absolute atomic E-state index is 12.5. The smallest absolute Gasteiger partial charge is 0.338 e. The number of carbonyl (C=O) groups is 2. The number of hydrogen-bond donors (Lipinski definition) is 1. The lowest BCUT2D eigenvalue weighted by atomic mass is 10.0. The highest BCUT2D eigenvalue weighted by Gasteiger charge is 2.13. The molecule has 9 heteroatoms. The summed E-state index contributed by atoms with van der Waals surface area (Å²) in [5, 5.41) is 16.4. The predicted molar refractivity (Wildman–Crippen MR) is 143 cm³/mol. The van der Waals surface area contributed by atoms with Gasteiger partial charge in [0.2, 0.25) is 11.1 Å². The minimum Gasteiger partial charge on any atom is -0.462 e. The SMILES string of the molecule is CCOC(=O)c1ccc(NC(=O)CSc2nnc3ccc(-c4ccc(-c5ccccc5)cc4)nn23)cc1. The Balaban J connectivity index is 1.25. The number of fused-ring (bicyclic) bond motifs is 1. The fourth-order valence-corrected chi connectivity index (χ4v) is 4.40. The molecule has 1 N–H and O–H groups in total. The maximum atomic E-state index is 12.5. The number of ether oxygens (including phenoxy) is 1. The summed E-state index contributed by atoms with van der Waals surface area (Å²) >= 11 is 1.24. The second kappa shape index (κ2) is 11.0. The van der Waals surface area contributed by atoms with Crippen LogP contribution in [0.1, 0.15) is 17.3 Å². The van der Waals surface area contributed by atoms with Crippen LogP contribution in [-0.2, 0) is 9.53 Å². The molecule has 0 spiro atoms. The first kappa shape index (κ1) is 24.2. The average molecular weight is 510 g/mol. The number of anilines is 1. The van der Waals surface area contributed by atoms with E-state index in [4.69, 9.17) is 9.84 Å². The number of nitrogens with zero attached hydrogens (tertiary/aromatic N) is 4. The number of amides is 1. The lowest BCUT2D eigenvalue weighted by Gasteiger charge is -2.07. The van der Waals surface area contributed by atoms with E-state index in [1.54, 1.807) is 35.7 Å². The molecule has 8 nitrogen and oxygen atoms in total. The van der Waals surface area contributed by atoms with Crippen LogP contribution in [-0.4, -0.2) is 44.0 Å². The fourth-order valence-electron chi connectivity index (χ4n) is 3.71. The third-order valence-electron chi connectivity index (χ3n) is 5.53. The van der Waals surface area contributed by atoms with Gasteiger partial charge in [-0.1, -0.05) is 66.4 Å². The summed E-state index contributed by atoms with van der Waals surface area (Å²) in [7, 11) is 0. The van der Waals surface area contributed by atoms with Crippen molar-refractivity contribution in [2.45, 2.75) is 12.1 Å². The zero-order chi connectivity index (χ0) is 25.6. The van der Waals surface area contributed by atoms with E-state index < -0.39 is 5.97 Å². The first-order valence-electron chi connectivity index (χ1n) is 11.7. The molecule has 0 radical (unpaired) electrons. The van der Waals surface area contributed by atoms with Gasteiger partial charge in [0.15, 0.2) is 5.65 Å². The lowest BCUT2D eigenvalue weighted by Crippen LogP contribution is -2.14. The molecular weight excluding hydrogens is 486 g/mol. The molecule has 37 heavy (non-hydrogen) atoms. The summed E-state index contributed by atoms with van der Waals surface area (Å²) in [4.78, 5) is 24.3. The summed E-state index contributed by atoms with van der Waals surface area (Å²) in [5.74, 6) is -0.482. The van der Waals surface area contributed by atoms with E-state index in [2.05, 4.69) is 39.8 Å². The van der Waals surface area contributed by atoms with Gasteiger partial charge in [0, 0.05) is 11.3 Å². The van der Waals surface area contributed by atoms with Crippen LogP contribution in [0.25, 0.3) is 28.0 Å². The summed E-state index contributed by atoms with van der Waals surface area (Å²) in [6.07, 6.45) is 0. The molecule has 0 bridgehead atoms. The molecule has 5 aromatic rings. The minimum atomic E-state index is -0.395. The number of carbonyl (C=O) groups excluding carboxylic acids is 2. The highest BCUT2D eigenvalue weighted by atomic mass is 32.2. The molecule has 2 aromatic heterocycles. The Kier molecular flexibility index (Phi) is 7.23. The molecule has 0 unspecified atom stereocenters. The standard InChI is InChI=1S/C28H23N5O3S/c1-2-36-27(35)22-12-14-23(15-13-22)29-26(34)18-37-28-31-30-25-17-16-24(32-33(25)28)21-10-8-20(9-11-21)19-6-4-3-5-7-19/h3-17H,2,18H2,1H3,(H,29,34). The Morgan fingerprint density at radius 1 is 0.838 bits per heavy atom. The second-order valence-electron chi connectivity index (χ2n) is 8.05. The van der Waals surface area contributed by atoms with Crippen LogP contribution in [0.3, 0.4) is 0 Å². The van der Waals surface area contributed by atoms with Crippen LogP contribution in [0.4, 0.5) is 5.69 Å². The van der Waals surface area contributed by atoms with Gasteiger partial charge in [-0.3, -0.25) is 4.79 Å². The molecule has 2 heterocycles. The van der Waals surface area contributed by atoms with Crippen molar-refractivity contribution in [3.8, 4) is 22.4 Å². The molecule has 0 aliphatic rings. The molecule has 0 saturated carbocycles. The van der Waals surface area contributed by atoms with Gasteiger partial charge < -0.3 is 10.1 Å². The van der Waals surface area contributed by atoms with E-state index in [-0.39, 0.29) is 11.7 Å². The van der Waals surface area contributed by atoms with Crippen molar-refractivity contribution in [1.29, 1.82) is 0 Å². The Morgan fingerprint density at radius 3 is 2.27 bits per heavy atom. The summed E-state index contributed by atoms with van der Waals surface area (Å²) in [6.45, 7) is 2.06. The Labute approximate surface area is 217 Å². The van der Waals surface area contributed by atoms with Gasteiger partial charge in [-0.25, -0.2) is 4.79 Å². The van der Waals surface area contributed by atoms with Crippen molar-refractivity contribution >= 4 is 35.0 Å². The minimum absolute atomic E-state index is 0.123. The van der Waals surface area contributed by atoms with E-state index >= 15 is 0 Å². The fraction of sp³-hybridized carbons (Fsp3) is 0.107. The van der Waals surface area contributed by atoms with Crippen molar-refractivity contribution < 1.29 is 14.3 Å². The number of thioether (sulfide) groups is 1. The molecule has 3 aromatic carbocycles. The van der Waals surface area contributed by atoms with E-state index in [0.717, 1.165) is 22.4 Å². The van der Waals surface area contributed by atoms with Crippen LogP contribution < -0.4 is 5.32 Å². The zero-order valence-electron chi connectivity index (χ0n) is 20.0. The molecule has 5 rings (SSSR count). The number of esters is 1. The van der Waals surface area contributed by atoms with Crippen LogP contribution in [0.5, 0.6) is 0 Å². The van der Waals surface area contributed by atoms with Crippen LogP contribution >= 0.6 is 11.8 Å². The first-order chi connectivity index (χ1) is 18.1. The van der Waals surface area contributed by atoms with Gasteiger partial charge in [0.25, 0.3) is 0 Å². The summed E-state index contributed by atoms with van der Waals surface area (Å²) in [5.41, 5.74) is 5.65. The highest BCUT2D eigenvalue weighted by Crippen LogP contribution is 2.25. The summed E-state index contributed by atoms with van der Waals surface area (Å²) < 4.78 is 6.62. The van der Waals surface area contributed by atoms with Crippen LogP contribution in [0.15, 0.2) is 96.2 Å². The van der Waals surface area contributed by atoms with E-state index in [0.29, 0.717) is 28.7 Å². The molecule has 0 atom stereocenters. The molecule has 0 saturated heterocycles. The van der Waals surface area contributed by atoms with Gasteiger partial charge in [-0.05, 0) is 54.4 Å². The van der Waals surface area contributed by atoms with Crippen molar-refractivity contribution in [1.82, 2.24) is 19.8 Å². The van der Waals surface area contributed by atoms with Crippen molar-refractivity contribution in [2.75, 3.05) is 17.7 Å². The number of rotatable bonds is 8. The highest BCUT2D eigenvalue weighted by molar-refractivity contribution is 7.99. The molecule has 184 valence electrons. The van der Waals surface area contributed by atoms with Gasteiger partial charge >= 0.3 is 5.97 Å². The maximum Gasteiger partial charge on any atom is 0.338 e. The van der Waals surface area contributed by atoms with E-state index in [9.17, 15) is 9.59 Å². The van der Waals surface area contributed by atoms with Crippen molar-refractivity contribution in [3.05, 3.63) is 96.6 Å². The van der Waals surface area contributed by atoms with Gasteiger partial charge in [-0.2, -0.15) is 9.61 Å². The van der Waals surface area contributed by atoms with Gasteiger partial charge in [0.05, 0.1) is 23.6 Å². The topological polar surface area (TPSA) is 98.5 Å². The number of hydrogen-bond acceptors (Lipinski definition) is 7. The third-order valence-corrected chi connectivity index (χ3v) is 6.45. The van der Waals surface area contributed by atoms with Crippen molar-refractivity contribution in [3.63, 3.8) is 0 Å². The molecule has 0 fully saturated rings. The summed E-state index contributed by atoms with van der Waals surface area (Å²) in [6, 6.07) is 28.7. The van der Waals surface area contributed by atoms with E-state index in [1.807, 2.05) is 42.5 Å². The monoisotopic (exact) mass is 509 g/mol. The number of benzene rings is 3. The lowest BCUT2D eigenvalue weighted by molar-refractivity contribution is -0.113. The molecular formula is C28H23N5O3S. The largest absolute Gasteiger partial charge is 0.462 e. The zero-order valence-corrected chi connectivity index (χ0v) is 20.8. The Hall–Kier alpha value is -4.50. The Morgan fingerprint density at radius 2 is 1.54 bits per heavy atom. The van der Waals surface area contributed by atoms with E-state index in [1.165, 1.54) is 11.8 Å². The van der Waals surface area contributed by atoms with Crippen molar-refractivity contribution in [2.24, 2.45) is 0 Å². The normalized spacial score (nSPS) is 10.8. The molecule has 1 amide bonds. The number of aromatic nitrogens is 4.